The van der Waals surface area contributed by atoms with Crippen LogP contribution in [0.5, 0.6) is 0 Å². The van der Waals surface area contributed by atoms with Crippen LogP contribution in [0.3, 0.4) is 0 Å². The normalized spacial score (nSPS) is 14.1. The summed E-state index contributed by atoms with van der Waals surface area (Å²) in [6.07, 6.45) is 0.203. The zero-order chi connectivity index (χ0) is 15.5. The summed E-state index contributed by atoms with van der Waals surface area (Å²) >= 11 is 0. The average molecular weight is 297 g/mol. The van der Waals surface area contributed by atoms with Gasteiger partial charge in [-0.05, 0) is 31.5 Å². The van der Waals surface area contributed by atoms with Crippen LogP contribution >= 0.6 is 0 Å². The Bertz CT molecular complexity index is 614. The summed E-state index contributed by atoms with van der Waals surface area (Å²) < 4.78 is 36.4. The highest BCUT2D eigenvalue weighted by Crippen LogP contribution is 2.17. The van der Waals surface area contributed by atoms with Gasteiger partial charge in [0, 0.05) is 6.61 Å². The minimum absolute atomic E-state index is 0.203. The summed E-state index contributed by atoms with van der Waals surface area (Å²) in [4.78, 5) is 4.18. The third kappa shape index (κ3) is 3.83. The van der Waals surface area contributed by atoms with Crippen molar-refractivity contribution >= 4 is 0 Å². The maximum Gasteiger partial charge on any atom is 0.231 e. The van der Waals surface area contributed by atoms with Gasteiger partial charge in [0.15, 0.2) is 17.5 Å². The van der Waals surface area contributed by atoms with Crippen molar-refractivity contribution in [1.29, 1.82) is 0 Å². The third-order valence-corrected chi connectivity index (χ3v) is 2.92. The lowest BCUT2D eigenvalue weighted by atomic mass is 10.1. The second-order valence-electron chi connectivity index (χ2n) is 4.99. The molecule has 0 saturated heterocycles. The van der Waals surface area contributed by atoms with Crippen molar-refractivity contribution in [2.75, 3.05) is 13.2 Å². The van der Waals surface area contributed by atoms with Crippen molar-refractivity contribution in [3.8, 4) is 0 Å². The van der Waals surface area contributed by atoms with Crippen LogP contribution in [0, 0.1) is 11.6 Å². The Balaban J connectivity index is 2.10. The van der Waals surface area contributed by atoms with Gasteiger partial charge in [0.1, 0.15) is 5.54 Å². The van der Waals surface area contributed by atoms with Crippen molar-refractivity contribution in [3.05, 3.63) is 47.1 Å². The first-order chi connectivity index (χ1) is 9.92. The molecule has 1 heterocycles. The Labute approximate surface area is 121 Å². The molecule has 2 rings (SSSR count). The molecule has 0 spiro atoms. The summed E-state index contributed by atoms with van der Waals surface area (Å²) in [6, 6.07) is 3.62. The summed E-state index contributed by atoms with van der Waals surface area (Å²) in [7, 11) is 0. The molecule has 0 amide bonds. The number of benzene rings is 1. The number of halogens is 2. The number of hydrogen-bond acceptors (Lipinski definition) is 5. The first kappa shape index (κ1) is 15.5. The maximum absolute atomic E-state index is 13.1. The predicted octanol–water partition coefficient (Wildman–Crippen LogP) is 2.15. The topological polar surface area (TPSA) is 74.2 Å². The fourth-order valence-corrected chi connectivity index (χ4v) is 1.76. The Kier molecular flexibility index (Phi) is 4.64. The first-order valence-corrected chi connectivity index (χ1v) is 6.56. The number of nitrogens with two attached hydrogens (primary N) is 1. The summed E-state index contributed by atoms with van der Waals surface area (Å²) in [5.41, 5.74) is 5.72. The Morgan fingerprint density at radius 2 is 2.10 bits per heavy atom. The van der Waals surface area contributed by atoms with Crippen LogP contribution in [0.15, 0.2) is 22.7 Å². The van der Waals surface area contributed by atoms with Crippen LogP contribution < -0.4 is 5.73 Å². The monoisotopic (exact) mass is 297 g/mol. The molecule has 0 fully saturated rings. The molecule has 114 valence electrons. The molecule has 5 nitrogen and oxygen atoms in total. The molecule has 1 atom stereocenters. The average Bonchev–Trinajstić information content (AvgIpc) is 2.90. The standard InChI is InChI=1S/C14H17F2N3O2/c1-3-20-8-14(2,17)13-18-12(21-19-13)7-9-4-5-10(15)11(16)6-9/h4-6H,3,7-8,17H2,1-2H3. The number of hydrogen-bond donors (Lipinski definition) is 1. The first-order valence-electron chi connectivity index (χ1n) is 6.56. The highest BCUT2D eigenvalue weighted by atomic mass is 19.2. The molecule has 0 bridgehead atoms. The molecule has 1 aromatic heterocycles. The highest BCUT2D eigenvalue weighted by Gasteiger charge is 2.27. The maximum atomic E-state index is 13.1. The van der Waals surface area contributed by atoms with Crippen LogP contribution in [-0.4, -0.2) is 23.4 Å². The molecule has 21 heavy (non-hydrogen) atoms. The molecule has 7 heteroatoms. The zero-order valence-corrected chi connectivity index (χ0v) is 11.9. The smallest absolute Gasteiger partial charge is 0.231 e. The van der Waals surface area contributed by atoms with Crippen molar-refractivity contribution in [2.45, 2.75) is 25.8 Å². The van der Waals surface area contributed by atoms with Gasteiger partial charge in [-0.3, -0.25) is 0 Å². The van der Waals surface area contributed by atoms with E-state index in [2.05, 4.69) is 10.1 Å². The summed E-state index contributed by atoms with van der Waals surface area (Å²) in [5, 5.41) is 3.82. The lowest BCUT2D eigenvalue weighted by Gasteiger charge is -2.19. The van der Waals surface area contributed by atoms with Crippen LogP contribution in [0.25, 0.3) is 0 Å². The Hall–Kier alpha value is -1.86. The summed E-state index contributed by atoms with van der Waals surface area (Å²) in [5.74, 6) is -1.21. The quantitative estimate of drug-likeness (QED) is 0.884. The van der Waals surface area contributed by atoms with Gasteiger partial charge in [0.05, 0.1) is 13.0 Å². The minimum atomic E-state index is -0.910. The Morgan fingerprint density at radius 3 is 2.76 bits per heavy atom. The van der Waals surface area contributed by atoms with E-state index >= 15 is 0 Å². The van der Waals surface area contributed by atoms with Crippen LogP contribution in [0.1, 0.15) is 31.1 Å². The van der Waals surface area contributed by atoms with E-state index in [9.17, 15) is 8.78 Å². The molecule has 0 aliphatic carbocycles. The number of ether oxygens (including phenoxy) is 1. The van der Waals surface area contributed by atoms with E-state index in [-0.39, 0.29) is 18.9 Å². The van der Waals surface area contributed by atoms with Crippen molar-refractivity contribution < 1.29 is 18.0 Å². The summed E-state index contributed by atoms with van der Waals surface area (Å²) in [6.45, 7) is 4.38. The van der Waals surface area contributed by atoms with E-state index in [1.54, 1.807) is 6.92 Å². The SMILES string of the molecule is CCOCC(C)(N)c1noc(Cc2ccc(F)c(F)c2)n1. The van der Waals surface area contributed by atoms with E-state index in [1.165, 1.54) is 6.07 Å². The van der Waals surface area contributed by atoms with Gasteiger partial charge < -0.3 is 15.0 Å². The van der Waals surface area contributed by atoms with E-state index in [0.29, 0.717) is 18.0 Å². The molecule has 2 N–H and O–H groups in total. The van der Waals surface area contributed by atoms with Crippen LogP contribution in [-0.2, 0) is 16.7 Å². The molecule has 1 aromatic carbocycles. The molecule has 0 saturated carbocycles. The fourth-order valence-electron chi connectivity index (χ4n) is 1.76. The van der Waals surface area contributed by atoms with E-state index in [1.807, 2.05) is 6.92 Å². The largest absolute Gasteiger partial charge is 0.379 e. The second kappa shape index (κ2) is 6.28. The number of nitrogens with zero attached hydrogens (tertiary/aromatic N) is 2. The van der Waals surface area contributed by atoms with Gasteiger partial charge in [-0.1, -0.05) is 11.2 Å². The molecular formula is C14H17F2N3O2. The molecule has 1 unspecified atom stereocenters. The van der Waals surface area contributed by atoms with Gasteiger partial charge in [-0.2, -0.15) is 4.98 Å². The second-order valence-corrected chi connectivity index (χ2v) is 4.99. The van der Waals surface area contributed by atoms with Gasteiger partial charge in [-0.15, -0.1) is 0 Å². The lowest BCUT2D eigenvalue weighted by Crippen LogP contribution is -2.39. The van der Waals surface area contributed by atoms with Gasteiger partial charge in [-0.25, -0.2) is 8.78 Å². The highest BCUT2D eigenvalue weighted by molar-refractivity contribution is 5.20. The van der Waals surface area contributed by atoms with E-state index < -0.39 is 17.2 Å². The van der Waals surface area contributed by atoms with Gasteiger partial charge >= 0.3 is 0 Å². The molecule has 0 radical (unpaired) electrons. The van der Waals surface area contributed by atoms with Crippen LogP contribution in [0.4, 0.5) is 8.78 Å². The number of aromatic nitrogens is 2. The molecule has 2 aromatic rings. The Morgan fingerprint density at radius 1 is 1.33 bits per heavy atom. The fraction of sp³-hybridized carbons (Fsp3) is 0.429. The minimum Gasteiger partial charge on any atom is -0.379 e. The van der Waals surface area contributed by atoms with Crippen molar-refractivity contribution in [3.63, 3.8) is 0 Å². The van der Waals surface area contributed by atoms with Gasteiger partial charge in [0.25, 0.3) is 0 Å². The third-order valence-electron chi connectivity index (χ3n) is 2.92. The molecule has 0 aliphatic rings. The van der Waals surface area contributed by atoms with E-state index in [0.717, 1.165) is 12.1 Å². The molecular weight excluding hydrogens is 280 g/mol. The number of rotatable bonds is 6. The van der Waals surface area contributed by atoms with Gasteiger partial charge in [0.2, 0.25) is 5.89 Å². The zero-order valence-electron chi connectivity index (χ0n) is 11.9. The lowest BCUT2D eigenvalue weighted by molar-refractivity contribution is 0.0962. The molecule has 0 aliphatic heterocycles. The van der Waals surface area contributed by atoms with E-state index in [4.69, 9.17) is 15.0 Å². The predicted molar refractivity (Wildman–Crippen MR) is 71.5 cm³/mol. The van der Waals surface area contributed by atoms with Crippen molar-refractivity contribution in [2.24, 2.45) is 5.73 Å². The van der Waals surface area contributed by atoms with Crippen LogP contribution in [0.2, 0.25) is 0 Å². The van der Waals surface area contributed by atoms with Crippen molar-refractivity contribution in [1.82, 2.24) is 10.1 Å².